The number of nitrogens with zero attached hydrogens (tertiary/aromatic N) is 2. The second-order valence-electron chi connectivity index (χ2n) is 10.4. The molecule has 1 unspecified atom stereocenters. The van der Waals surface area contributed by atoms with Gasteiger partial charge in [-0.25, -0.2) is 0 Å². The van der Waals surface area contributed by atoms with Gasteiger partial charge in [0.2, 0.25) is 17.7 Å². The molecule has 1 aliphatic carbocycles. The number of anilines is 1. The first-order valence-corrected chi connectivity index (χ1v) is 13.2. The Hall–Kier alpha value is -2.90. The van der Waals surface area contributed by atoms with Gasteiger partial charge in [0.05, 0.1) is 0 Å². The van der Waals surface area contributed by atoms with Crippen molar-refractivity contribution in [2.24, 2.45) is 0 Å². The number of benzene rings is 2. The number of carbonyl (C=O) groups excluding carboxylic acids is 3. The van der Waals surface area contributed by atoms with Crippen molar-refractivity contribution >= 4 is 35.8 Å². The zero-order chi connectivity index (χ0) is 25.1. The molecule has 1 atom stereocenters. The van der Waals surface area contributed by atoms with E-state index in [1.807, 2.05) is 24.3 Å². The summed E-state index contributed by atoms with van der Waals surface area (Å²) in [6.07, 6.45) is 5.61. The SMILES string of the molecule is CC(=O)NCCNC(=O)C1Cc2ccccc2N1C(=O)CCN1CCC2(CCc3ccccc32)CC1.Cl. The molecule has 2 N–H and O–H groups in total. The summed E-state index contributed by atoms with van der Waals surface area (Å²) in [7, 11) is 0. The highest BCUT2D eigenvalue weighted by Gasteiger charge is 2.41. The van der Waals surface area contributed by atoms with Gasteiger partial charge in [-0.3, -0.25) is 19.3 Å². The van der Waals surface area contributed by atoms with Gasteiger partial charge in [0.25, 0.3) is 0 Å². The Labute approximate surface area is 225 Å². The molecule has 198 valence electrons. The van der Waals surface area contributed by atoms with Crippen molar-refractivity contribution in [3.8, 4) is 0 Å². The molecule has 2 aromatic rings. The zero-order valence-electron chi connectivity index (χ0n) is 21.5. The Morgan fingerprint density at radius 1 is 0.919 bits per heavy atom. The van der Waals surface area contributed by atoms with Gasteiger partial charge >= 0.3 is 0 Å². The van der Waals surface area contributed by atoms with Crippen molar-refractivity contribution in [3.63, 3.8) is 0 Å². The largest absolute Gasteiger partial charge is 0.355 e. The van der Waals surface area contributed by atoms with Crippen LogP contribution in [-0.4, -0.2) is 61.4 Å². The monoisotopic (exact) mass is 524 g/mol. The maximum atomic E-state index is 13.5. The van der Waals surface area contributed by atoms with Crippen LogP contribution in [0.1, 0.15) is 49.3 Å². The smallest absolute Gasteiger partial charge is 0.243 e. The molecule has 3 amide bonds. The van der Waals surface area contributed by atoms with E-state index in [2.05, 4.69) is 39.8 Å². The van der Waals surface area contributed by atoms with Gasteiger partial charge in [-0.2, -0.15) is 0 Å². The normalized spacial score (nSPS) is 19.6. The van der Waals surface area contributed by atoms with Crippen molar-refractivity contribution in [1.82, 2.24) is 15.5 Å². The van der Waals surface area contributed by atoms with Crippen molar-refractivity contribution in [1.29, 1.82) is 0 Å². The van der Waals surface area contributed by atoms with E-state index >= 15 is 0 Å². The zero-order valence-corrected chi connectivity index (χ0v) is 22.3. The van der Waals surface area contributed by atoms with Gasteiger partial charge in [-0.1, -0.05) is 42.5 Å². The minimum Gasteiger partial charge on any atom is -0.355 e. The first-order valence-electron chi connectivity index (χ1n) is 13.2. The van der Waals surface area contributed by atoms with Crippen LogP contribution in [0.25, 0.3) is 0 Å². The van der Waals surface area contributed by atoms with Gasteiger partial charge in [0.15, 0.2) is 0 Å². The van der Waals surface area contributed by atoms with E-state index in [1.165, 1.54) is 25.3 Å². The van der Waals surface area contributed by atoms with E-state index in [4.69, 9.17) is 0 Å². The second kappa shape index (κ2) is 11.7. The Morgan fingerprint density at radius 2 is 1.59 bits per heavy atom. The molecule has 2 heterocycles. The summed E-state index contributed by atoms with van der Waals surface area (Å²) < 4.78 is 0. The fraction of sp³-hybridized carbons (Fsp3) is 0.483. The molecule has 1 spiro atoms. The van der Waals surface area contributed by atoms with E-state index < -0.39 is 6.04 Å². The number of nitrogens with one attached hydrogen (secondary N) is 2. The van der Waals surface area contributed by atoms with Crippen LogP contribution >= 0.6 is 12.4 Å². The minimum absolute atomic E-state index is 0. The molecule has 2 aromatic carbocycles. The molecule has 1 fully saturated rings. The van der Waals surface area contributed by atoms with E-state index in [1.54, 1.807) is 10.5 Å². The Bertz CT molecular complexity index is 1150. The Balaban J connectivity index is 0.00000320. The van der Waals surface area contributed by atoms with Crippen molar-refractivity contribution in [3.05, 3.63) is 65.2 Å². The molecule has 7 nitrogen and oxygen atoms in total. The van der Waals surface area contributed by atoms with E-state index in [0.717, 1.165) is 37.2 Å². The number of piperidine rings is 1. The van der Waals surface area contributed by atoms with E-state index in [9.17, 15) is 14.4 Å². The summed E-state index contributed by atoms with van der Waals surface area (Å²) in [5.74, 6) is -0.312. The lowest BCUT2D eigenvalue weighted by molar-refractivity contribution is -0.126. The van der Waals surface area contributed by atoms with Crippen LogP contribution in [0.4, 0.5) is 5.69 Å². The third-order valence-corrected chi connectivity index (χ3v) is 8.26. The third-order valence-electron chi connectivity index (χ3n) is 8.26. The summed E-state index contributed by atoms with van der Waals surface area (Å²) >= 11 is 0. The Morgan fingerprint density at radius 3 is 2.35 bits per heavy atom. The molecular weight excluding hydrogens is 488 g/mol. The summed E-state index contributed by atoms with van der Waals surface area (Å²) in [6.45, 7) is 4.88. The average Bonchev–Trinajstić information content (AvgIpc) is 3.45. The number of likely N-dealkylation sites (tertiary alicyclic amines) is 1. The van der Waals surface area contributed by atoms with E-state index in [-0.39, 0.29) is 30.1 Å². The maximum absolute atomic E-state index is 13.5. The molecule has 0 radical (unpaired) electrons. The molecule has 2 aliphatic heterocycles. The maximum Gasteiger partial charge on any atom is 0.243 e. The minimum atomic E-state index is -0.549. The molecule has 0 saturated carbocycles. The predicted octanol–water partition coefficient (Wildman–Crippen LogP) is 2.99. The number of hydrogen-bond acceptors (Lipinski definition) is 4. The lowest BCUT2D eigenvalue weighted by atomic mass is 9.74. The number of carbonyl (C=O) groups is 3. The highest BCUT2D eigenvalue weighted by atomic mass is 35.5. The lowest BCUT2D eigenvalue weighted by Gasteiger charge is -2.40. The number of aryl methyl sites for hydroxylation is 1. The summed E-state index contributed by atoms with van der Waals surface area (Å²) in [4.78, 5) is 41.6. The molecular formula is C29H37ClN4O3. The standard InChI is InChI=1S/C29H36N4O3.ClH/c1-21(34)30-15-16-31-28(36)26-20-23-7-3-5-9-25(23)33(26)27(35)11-17-32-18-13-29(14-19-32)12-10-22-6-2-4-8-24(22)29;/h2-9,26H,10-20H2,1H3,(H,30,34)(H,31,36);1H. The van der Waals surface area contributed by atoms with Gasteiger partial charge in [0.1, 0.15) is 6.04 Å². The third kappa shape index (κ3) is 5.68. The lowest BCUT2D eigenvalue weighted by Crippen LogP contribution is -2.50. The van der Waals surface area contributed by atoms with Crippen LogP contribution in [0, 0.1) is 0 Å². The molecule has 0 bridgehead atoms. The van der Waals surface area contributed by atoms with Crippen LogP contribution in [0.5, 0.6) is 0 Å². The number of halogens is 1. The van der Waals surface area contributed by atoms with Gasteiger partial charge in [-0.15, -0.1) is 12.4 Å². The molecule has 3 aliphatic rings. The quantitative estimate of drug-likeness (QED) is 0.546. The number of para-hydroxylation sites is 1. The fourth-order valence-electron chi connectivity index (χ4n) is 6.31. The van der Waals surface area contributed by atoms with Crippen molar-refractivity contribution < 1.29 is 14.4 Å². The summed E-state index contributed by atoms with van der Waals surface area (Å²) in [6, 6.07) is 16.1. The number of amides is 3. The van der Waals surface area contributed by atoms with Crippen LogP contribution in [0.3, 0.4) is 0 Å². The Kier molecular flexibility index (Phi) is 8.55. The van der Waals surface area contributed by atoms with Crippen molar-refractivity contribution in [2.45, 2.75) is 56.9 Å². The number of hydrogen-bond donors (Lipinski definition) is 2. The molecule has 5 rings (SSSR count). The molecule has 0 aromatic heterocycles. The van der Waals surface area contributed by atoms with Crippen LogP contribution in [0.2, 0.25) is 0 Å². The van der Waals surface area contributed by atoms with Crippen molar-refractivity contribution in [2.75, 3.05) is 37.6 Å². The first-order chi connectivity index (χ1) is 17.5. The number of fused-ring (bicyclic) bond motifs is 3. The van der Waals surface area contributed by atoms with Gasteiger partial charge < -0.3 is 15.5 Å². The summed E-state index contributed by atoms with van der Waals surface area (Å²) in [5, 5.41) is 5.57. The first kappa shape index (κ1) is 27.1. The highest BCUT2D eigenvalue weighted by molar-refractivity contribution is 6.03. The molecule has 8 heteroatoms. The summed E-state index contributed by atoms with van der Waals surface area (Å²) in [5.41, 5.74) is 5.22. The number of rotatable bonds is 7. The van der Waals surface area contributed by atoms with Gasteiger partial charge in [0, 0.05) is 45.1 Å². The van der Waals surface area contributed by atoms with Gasteiger partial charge in [-0.05, 0) is 66.9 Å². The highest BCUT2D eigenvalue weighted by Crippen LogP contribution is 2.46. The average molecular weight is 525 g/mol. The second-order valence-corrected chi connectivity index (χ2v) is 10.4. The topological polar surface area (TPSA) is 81.8 Å². The van der Waals surface area contributed by atoms with Crippen LogP contribution < -0.4 is 15.5 Å². The fourth-order valence-corrected chi connectivity index (χ4v) is 6.31. The van der Waals surface area contributed by atoms with E-state index in [0.29, 0.717) is 37.9 Å². The molecule has 1 saturated heterocycles. The predicted molar refractivity (Wildman–Crippen MR) is 147 cm³/mol. The van der Waals surface area contributed by atoms with Crippen LogP contribution in [-0.2, 0) is 32.6 Å². The molecule has 37 heavy (non-hydrogen) atoms. The van der Waals surface area contributed by atoms with Crippen LogP contribution in [0.15, 0.2) is 48.5 Å².